The van der Waals surface area contributed by atoms with Gasteiger partial charge in [0.2, 0.25) is 0 Å². The van der Waals surface area contributed by atoms with Crippen LogP contribution in [0.1, 0.15) is 18.0 Å². The molecule has 0 saturated carbocycles. The number of hydrogen-bond acceptors (Lipinski definition) is 3. The van der Waals surface area contributed by atoms with Crippen molar-refractivity contribution in [2.45, 2.75) is 18.6 Å². The van der Waals surface area contributed by atoms with E-state index in [9.17, 15) is 4.39 Å². The summed E-state index contributed by atoms with van der Waals surface area (Å²) in [6.45, 7) is 2.55. The van der Waals surface area contributed by atoms with Crippen LogP contribution in [0.2, 0.25) is 0 Å². The van der Waals surface area contributed by atoms with E-state index in [1.807, 2.05) is 20.2 Å². The maximum absolute atomic E-state index is 13.3. The molecule has 1 fully saturated rings. The fourth-order valence-corrected chi connectivity index (χ4v) is 2.38. The molecule has 0 amide bonds. The molecule has 4 heteroatoms. The summed E-state index contributed by atoms with van der Waals surface area (Å²) in [6, 6.07) is 7.02. The maximum atomic E-state index is 13.3. The standard InChI is InChI=1S/C14H21FN2O/c1-17(2)14(9-13-10-16-6-7-18-13)11-4-3-5-12(15)8-11/h3-5,8,13-14,16H,6-7,9-10H2,1-2H3. The van der Waals surface area contributed by atoms with Crippen LogP contribution in [0.3, 0.4) is 0 Å². The third-order valence-electron chi connectivity index (χ3n) is 3.35. The molecule has 1 heterocycles. The molecule has 0 radical (unpaired) electrons. The van der Waals surface area contributed by atoms with Gasteiger partial charge < -0.3 is 15.0 Å². The number of nitrogens with zero attached hydrogens (tertiary/aromatic N) is 1. The first-order valence-electron chi connectivity index (χ1n) is 6.41. The van der Waals surface area contributed by atoms with E-state index in [4.69, 9.17) is 4.74 Å². The number of benzene rings is 1. The Bertz CT molecular complexity index is 378. The fraction of sp³-hybridized carbons (Fsp3) is 0.571. The molecule has 1 aliphatic heterocycles. The predicted molar refractivity (Wildman–Crippen MR) is 70.1 cm³/mol. The molecule has 1 aromatic rings. The van der Waals surface area contributed by atoms with E-state index >= 15 is 0 Å². The van der Waals surface area contributed by atoms with Crippen molar-refractivity contribution in [3.8, 4) is 0 Å². The topological polar surface area (TPSA) is 24.5 Å². The lowest BCUT2D eigenvalue weighted by molar-refractivity contribution is 0.00891. The quantitative estimate of drug-likeness (QED) is 0.884. The van der Waals surface area contributed by atoms with Gasteiger partial charge in [-0.25, -0.2) is 4.39 Å². The van der Waals surface area contributed by atoms with E-state index in [0.717, 1.165) is 31.7 Å². The Hall–Kier alpha value is -0.970. The van der Waals surface area contributed by atoms with Gasteiger partial charge in [0.05, 0.1) is 12.7 Å². The molecule has 1 saturated heterocycles. The summed E-state index contributed by atoms with van der Waals surface area (Å²) in [6.07, 6.45) is 1.08. The number of morpholine rings is 1. The predicted octanol–water partition coefficient (Wildman–Crippen LogP) is 1.81. The van der Waals surface area contributed by atoms with Crippen LogP contribution in [-0.2, 0) is 4.74 Å². The number of rotatable bonds is 4. The molecule has 0 aromatic heterocycles. The Morgan fingerprint density at radius 3 is 2.94 bits per heavy atom. The number of halogens is 1. The van der Waals surface area contributed by atoms with Crippen LogP contribution in [0.5, 0.6) is 0 Å². The second kappa shape index (κ2) is 6.27. The van der Waals surface area contributed by atoms with Gasteiger partial charge in [0.15, 0.2) is 0 Å². The SMILES string of the molecule is CN(C)C(CC1CNCCO1)c1cccc(F)c1. The highest BCUT2D eigenvalue weighted by Gasteiger charge is 2.22. The first-order chi connectivity index (χ1) is 8.66. The van der Waals surface area contributed by atoms with Gasteiger partial charge in [-0.1, -0.05) is 12.1 Å². The molecular weight excluding hydrogens is 231 g/mol. The van der Waals surface area contributed by atoms with Gasteiger partial charge in [-0.05, 0) is 38.2 Å². The Kier molecular flexibility index (Phi) is 4.69. The van der Waals surface area contributed by atoms with Crippen LogP contribution >= 0.6 is 0 Å². The highest BCUT2D eigenvalue weighted by atomic mass is 19.1. The first-order valence-corrected chi connectivity index (χ1v) is 6.41. The molecule has 1 N–H and O–H groups in total. The Balaban J connectivity index is 2.07. The lowest BCUT2D eigenvalue weighted by Gasteiger charge is -2.31. The third kappa shape index (κ3) is 3.51. The lowest BCUT2D eigenvalue weighted by Crippen LogP contribution is -2.40. The summed E-state index contributed by atoms with van der Waals surface area (Å²) in [7, 11) is 4.04. The van der Waals surface area contributed by atoms with Gasteiger partial charge in [-0.15, -0.1) is 0 Å². The second-order valence-corrected chi connectivity index (χ2v) is 4.97. The molecule has 2 atom stereocenters. The Morgan fingerprint density at radius 2 is 2.33 bits per heavy atom. The molecule has 100 valence electrons. The van der Waals surface area contributed by atoms with E-state index in [1.165, 1.54) is 6.07 Å². The van der Waals surface area contributed by atoms with Crippen molar-refractivity contribution < 1.29 is 9.13 Å². The van der Waals surface area contributed by atoms with Crippen molar-refractivity contribution in [1.29, 1.82) is 0 Å². The molecule has 3 nitrogen and oxygen atoms in total. The second-order valence-electron chi connectivity index (χ2n) is 4.97. The number of nitrogens with one attached hydrogen (secondary N) is 1. The van der Waals surface area contributed by atoms with Crippen LogP contribution in [0, 0.1) is 5.82 Å². The molecule has 2 unspecified atom stereocenters. The minimum Gasteiger partial charge on any atom is -0.376 e. The van der Waals surface area contributed by atoms with Crippen molar-refractivity contribution in [3.05, 3.63) is 35.6 Å². The number of hydrogen-bond donors (Lipinski definition) is 1. The van der Waals surface area contributed by atoms with E-state index in [2.05, 4.69) is 10.2 Å². The molecule has 1 aromatic carbocycles. The highest BCUT2D eigenvalue weighted by Crippen LogP contribution is 2.25. The zero-order chi connectivity index (χ0) is 13.0. The average molecular weight is 252 g/mol. The van der Waals surface area contributed by atoms with Crippen LogP contribution in [0.4, 0.5) is 4.39 Å². The van der Waals surface area contributed by atoms with Crippen LogP contribution in [-0.4, -0.2) is 44.8 Å². The summed E-state index contributed by atoms with van der Waals surface area (Å²) in [5.74, 6) is -0.179. The summed E-state index contributed by atoms with van der Waals surface area (Å²) < 4.78 is 19.0. The van der Waals surface area contributed by atoms with Crippen molar-refractivity contribution in [1.82, 2.24) is 10.2 Å². The average Bonchev–Trinajstić information content (AvgIpc) is 2.37. The van der Waals surface area contributed by atoms with E-state index in [1.54, 1.807) is 12.1 Å². The van der Waals surface area contributed by atoms with Gasteiger partial charge in [-0.3, -0.25) is 0 Å². The fourth-order valence-electron chi connectivity index (χ4n) is 2.38. The largest absolute Gasteiger partial charge is 0.376 e. The third-order valence-corrected chi connectivity index (χ3v) is 3.35. The van der Waals surface area contributed by atoms with Crippen molar-refractivity contribution in [3.63, 3.8) is 0 Å². The van der Waals surface area contributed by atoms with Crippen molar-refractivity contribution >= 4 is 0 Å². The minimum absolute atomic E-state index is 0.179. The van der Waals surface area contributed by atoms with Gasteiger partial charge >= 0.3 is 0 Å². The summed E-state index contributed by atoms with van der Waals surface area (Å²) in [5, 5.41) is 3.32. The molecule has 0 spiro atoms. The molecule has 18 heavy (non-hydrogen) atoms. The zero-order valence-corrected chi connectivity index (χ0v) is 11.0. The van der Waals surface area contributed by atoms with E-state index in [0.29, 0.717) is 0 Å². The molecule has 0 bridgehead atoms. The monoisotopic (exact) mass is 252 g/mol. The Labute approximate surface area is 108 Å². The zero-order valence-electron chi connectivity index (χ0n) is 11.0. The molecule has 2 rings (SSSR count). The smallest absolute Gasteiger partial charge is 0.123 e. The summed E-state index contributed by atoms with van der Waals surface area (Å²) >= 11 is 0. The molecule has 0 aliphatic carbocycles. The van der Waals surface area contributed by atoms with Crippen LogP contribution in [0.25, 0.3) is 0 Å². The minimum atomic E-state index is -0.179. The Morgan fingerprint density at radius 1 is 1.50 bits per heavy atom. The summed E-state index contributed by atoms with van der Waals surface area (Å²) in [5.41, 5.74) is 1.01. The van der Waals surface area contributed by atoms with Gasteiger partial charge in [0.25, 0.3) is 0 Å². The highest BCUT2D eigenvalue weighted by molar-refractivity contribution is 5.20. The van der Waals surface area contributed by atoms with E-state index < -0.39 is 0 Å². The van der Waals surface area contributed by atoms with Crippen molar-refractivity contribution in [2.24, 2.45) is 0 Å². The lowest BCUT2D eigenvalue weighted by atomic mass is 9.99. The first kappa shape index (κ1) is 13.5. The van der Waals surface area contributed by atoms with E-state index in [-0.39, 0.29) is 18.0 Å². The van der Waals surface area contributed by atoms with Crippen LogP contribution < -0.4 is 5.32 Å². The van der Waals surface area contributed by atoms with Gasteiger partial charge in [0, 0.05) is 19.1 Å². The molecular formula is C14H21FN2O. The van der Waals surface area contributed by atoms with Gasteiger partial charge in [0.1, 0.15) is 5.82 Å². The van der Waals surface area contributed by atoms with Crippen molar-refractivity contribution in [2.75, 3.05) is 33.8 Å². The number of ether oxygens (including phenoxy) is 1. The molecule has 1 aliphatic rings. The normalized spacial score (nSPS) is 22.1. The van der Waals surface area contributed by atoms with Crippen LogP contribution in [0.15, 0.2) is 24.3 Å². The maximum Gasteiger partial charge on any atom is 0.123 e. The van der Waals surface area contributed by atoms with Gasteiger partial charge in [-0.2, -0.15) is 0 Å². The summed E-state index contributed by atoms with van der Waals surface area (Å²) in [4.78, 5) is 2.12.